The highest BCUT2D eigenvalue weighted by molar-refractivity contribution is 5.94. The largest absolute Gasteiger partial charge is 0.481 e. The number of amides is 1. The normalized spacial score (nSPS) is 18.6. The number of hydrogen-bond acceptors (Lipinski definition) is 2. The molecule has 4 nitrogen and oxygen atoms in total. The summed E-state index contributed by atoms with van der Waals surface area (Å²) in [6.45, 7) is 2.96. The van der Waals surface area contributed by atoms with Crippen LogP contribution in [0.15, 0.2) is 18.2 Å². The number of aliphatic carboxylic acids is 1. The average molecular weight is 293 g/mol. The number of carboxylic acids is 1. The predicted octanol–water partition coefficient (Wildman–Crippen LogP) is 2.85. The second-order valence-electron chi connectivity index (χ2n) is 5.71. The Bertz CT molecular complexity index is 524. The van der Waals surface area contributed by atoms with Gasteiger partial charge in [-0.1, -0.05) is 0 Å². The molecule has 1 aromatic carbocycles. The number of aryl methyl sites for hydroxylation is 1. The maximum Gasteiger partial charge on any atom is 0.303 e. The third-order valence-corrected chi connectivity index (χ3v) is 3.86. The lowest BCUT2D eigenvalue weighted by molar-refractivity contribution is -0.137. The van der Waals surface area contributed by atoms with Crippen LogP contribution in [0.3, 0.4) is 0 Å². The summed E-state index contributed by atoms with van der Waals surface area (Å²) in [5.74, 6) is -1.16. The van der Waals surface area contributed by atoms with E-state index in [2.05, 4.69) is 0 Å². The highest BCUT2D eigenvalue weighted by Crippen LogP contribution is 2.23. The first-order valence-electron chi connectivity index (χ1n) is 7.24. The van der Waals surface area contributed by atoms with E-state index in [1.807, 2.05) is 0 Å². The van der Waals surface area contributed by atoms with Crippen LogP contribution in [0.1, 0.15) is 41.6 Å². The van der Waals surface area contributed by atoms with E-state index in [0.717, 1.165) is 18.4 Å². The lowest BCUT2D eigenvalue weighted by Gasteiger charge is -2.32. The van der Waals surface area contributed by atoms with Gasteiger partial charge < -0.3 is 10.0 Å². The van der Waals surface area contributed by atoms with Crippen molar-refractivity contribution in [3.05, 3.63) is 35.1 Å². The van der Waals surface area contributed by atoms with E-state index in [-0.39, 0.29) is 18.2 Å². The van der Waals surface area contributed by atoms with Gasteiger partial charge in [-0.3, -0.25) is 9.59 Å². The van der Waals surface area contributed by atoms with E-state index in [1.54, 1.807) is 17.9 Å². The Morgan fingerprint density at radius 1 is 1.38 bits per heavy atom. The minimum atomic E-state index is -0.806. The molecule has 5 heteroatoms. The molecule has 1 N–H and O–H groups in total. The third-order valence-electron chi connectivity index (χ3n) is 3.86. The molecule has 1 amide bonds. The third kappa shape index (κ3) is 4.28. The Kier molecular flexibility index (Phi) is 4.94. The number of likely N-dealkylation sites (tertiary alicyclic amines) is 1. The lowest BCUT2D eigenvalue weighted by Crippen LogP contribution is -2.40. The average Bonchev–Trinajstić information content (AvgIpc) is 2.43. The molecular weight excluding hydrogens is 273 g/mol. The van der Waals surface area contributed by atoms with Crippen molar-refractivity contribution in [2.75, 3.05) is 13.1 Å². The van der Waals surface area contributed by atoms with Crippen LogP contribution < -0.4 is 0 Å². The van der Waals surface area contributed by atoms with Crippen molar-refractivity contribution in [2.24, 2.45) is 5.92 Å². The van der Waals surface area contributed by atoms with Crippen molar-refractivity contribution >= 4 is 11.9 Å². The summed E-state index contributed by atoms with van der Waals surface area (Å²) < 4.78 is 13.4. The molecule has 2 rings (SSSR count). The van der Waals surface area contributed by atoms with Gasteiger partial charge in [-0.05, 0) is 55.9 Å². The van der Waals surface area contributed by atoms with Gasteiger partial charge in [0.15, 0.2) is 0 Å². The fourth-order valence-corrected chi connectivity index (χ4v) is 2.86. The van der Waals surface area contributed by atoms with Gasteiger partial charge in [0.1, 0.15) is 5.82 Å². The van der Waals surface area contributed by atoms with Crippen molar-refractivity contribution in [3.8, 4) is 0 Å². The SMILES string of the molecule is Cc1cc(F)cc(C(=O)N2CCC[C@H](CCC(=O)O)C2)c1. The van der Waals surface area contributed by atoms with E-state index in [1.165, 1.54) is 12.1 Å². The van der Waals surface area contributed by atoms with Crippen LogP contribution in [0.25, 0.3) is 0 Å². The van der Waals surface area contributed by atoms with E-state index in [0.29, 0.717) is 25.1 Å². The molecule has 0 bridgehead atoms. The summed E-state index contributed by atoms with van der Waals surface area (Å²) in [4.78, 5) is 24.8. The molecule has 0 spiro atoms. The molecular formula is C16H20FNO3. The molecule has 0 saturated carbocycles. The first-order valence-corrected chi connectivity index (χ1v) is 7.24. The summed E-state index contributed by atoms with van der Waals surface area (Å²) in [6, 6.07) is 4.34. The molecule has 1 heterocycles. The second kappa shape index (κ2) is 6.70. The molecule has 1 aromatic rings. The number of rotatable bonds is 4. The zero-order valence-corrected chi connectivity index (χ0v) is 12.1. The van der Waals surface area contributed by atoms with Crippen LogP contribution in [0, 0.1) is 18.7 Å². The number of nitrogens with zero attached hydrogens (tertiary/aromatic N) is 1. The molecule has 0 radical (unpaired) electrons. The van der Waals surface area contributed by atoms with Crippen molar-refractivity contribution in [3.63, 3.8) is 0 Å². The Hall–Kier alpha value is -1.91. The second-order valence-corrected chi connectivity index (χ2v) is 5.71. The molecule has 1 aliphatic heterocycles. The Morgan fingerprint density at radius 2 is 2.14 bits per heavy atom. The van der Waals surface area contributed by atoms with Crippen LogP contribution in [-0.2, 0) is 4.79 Å². The highest BCUT2D eigenvalue weighted by Gasteiger charge is 2.25. The smallest absolute Gasteiger partial charge is 0.303 e. The van der Waals surface area contributed by atoms with Gasteiger partial charge in [0.25, 0.3) is 5.91 Å². The molecule has 0 aliphatic carbocycles. The van der Waals surface area contributed by atoms with E-state index < -0.39 is 11.8 Å². The maximum atomic E-state index is 13.4. The van der Waals surface area contributed by atoms with Crippen molar-refractivity contribution in [1.29, 1.82) is 0 Å². The number of hydrogen-bond donors (Lipinski definition) is 1. The molecule has 1 saturated heterocycles. The summed E-state index contributed by atoms with van der Waals surface area (Å²) >= 11 is 0. The van der Waals surface area contributed by atoms with Crippen LogP contribution in [0.4, 0.5) is 4.39 Å². The molecule has 1 aliphatic rings. The van der Waals surface area contributed by atoms with Crippen molar-refractivity contribution in [1.82, 2.24) is 4.90 Å². The van der Waals surface area contributed by atoms with Gasteiger partial charge in [0.05, 0.1) is 0 Å². The number of carbonyl (C=O) groups excluding carboxylic acids is 1. The quantitative estimate of drug-likeness (QED) is 0.928. The van der Waals surface area contributed by atoms with Crippen LogP contribution in [0.2, 0.25) is 0 Å². The molecule has 114 valence electrons. The topological polar surface area (TPSA) is 57.6 Å². The zero-order chi connectivity index (χ0) is 15.4. The summed E-state index contributed by atoms with van der Waals surface area (Å²) in [5.41, 5.74) is 1.09. The number of carboxylic acid groups (broad SMARTS) is 1. The molecule has 0 unspecified atom stereocenters. The minimum absolute atomic E-state index is 0.131. The molecule has 0 aromatic heterocycles. The van der Waals surface area contributed by atoms with Gasteiger partial charge in [0, 0.05) is 25.1 Å². The van der Waals surface area contributed by atoms with Crippen molar-refractivity contribution in [2.45, 2.75) is 32.6 Å². The predicted molar refractivity (Wildman–Crippen MR) is 76.6 cm³/mol. The lowest BCUT2D eigenvalue weighted by atomic mass is 9.93. The van der Waals surface area contributed by atoms with Crippen LogP contribution in [0.5, 0.6) is 0 Å². The Morgan fingerprint density at radius 3 is 2.81 bits per heavy atom. The summed E-state index contributed by atoms with van der Waals surface area (Å²) in [7, 11) is 0. The Balaban J connectivity index is 2.03. The summed E-state index contributed by atoms with van der Waals surface area (Å²) in [6.07, 6.45) is 2.52. The fourth-order valence-electron chi connectivity index (χ4n) is 2.86. The standard InChI is InChI=1S/C16H20FNO3/c1-11-7-13(9-14(17)8-11)16(21)18-6-2-3-12(10-18)4-5-15(19)20/h7-9,12H,2-6,10H2,1H3,(H,19,20)/t12-/m1/s1. The van der Waals surface area contributed by atoms with E-state index in [9.17, 15) is 14.0 Å². The number of carbonyl (C=O) groups is 2. The monoisotopic (exact) mass is 293 g/mol. The van der Waals surface area contributed by atoms with Gasteiger partial charge in [-0.15, -0.1) is 0 Å². The van der Waals surface area contributed by atoms with Gasteiger partial charge >= 0.3 is 5.97 Å². The first kappa shape index (κ1) is 15.5. The maximum absolute atomic E-state index is 13.4. The van der Waals surface area contributed by atoms with Crippen molar-refractivity contribution < 1.29 is 19.1 Å². The van der Waals surface area contributed by atoms with Gasteiger partial charge in [-0.25, -0.2) is 4.39 Å². The zero-order valence-electron chi connectivity index (χ0n) is 12.1. The van der Waals surface area contributed by atoms with E-state index >= 15 is 0 Å². The molecule has 21 heavy (non-hydrogen) atoms. The number of piperidine rings is 1. The van der Waals surface area contributed by atoms with E-state index in [4.69, 9.17) is 5.11 Å². The Labute approximate surface area is 123 Å². The number of halogens is 1. The molecule has 1 atom stereocenters. The van der Waals surface area contributed by atoms with Crippen LogP contribution >= 0.6 is 0 Å². The van der Waals surface area contributed by atoms with Gasteiger partial charge in [0.2, 0.25) is 0 Å². The minimum Gasteiger partial charge on any atom is -0.481 e. The fraction of sp³-hybridized carbons (Fsp3) is 0.500. The van der Waals surface area contributed by atoms with Crippen LogP contribution in [-0.4, -0.2) is 35.0 Å². The van der Waals surface area contributed by atoms with Gasteiger partial charge in [-0.2, -0.15) is 0 Å². The molecule has 1 fully saturated rings. The summed E-state index contributed by atoms with van der Waals surface area (Å²) in [5, 5.41) is 8.74. The number of benzene rings is 1. The first-order chi connectivity index (χ1) is 9.95. The highest BCUT2D eigenvalue weighted by atomic mass is 19.1.